The molecule has 0 aromatic heterocycles. The van der Waals surface area contributed by atoms with E-state index in [9.17, 15) is 14.0 Å². The fourth-order valence-corrected chi connectivity index (χ4v) is 2.84. The van der Waals surface area contributed by atoms with Crippen molar-refractivity contribution in [3.63, 3.8) is 0 Å². The summed E-state index contributed by atoms with van der Waals surface area (Å²) in [5.41, 5.74) is 1.62. The number of nitrogens with zero attached hydrogens (tertiary/aromatic N) is 2. The first-order chi connectivity index (χ1) is 12.1. The molecule has 0 bridgehead atoms. The average molecular weight is 341 g/mol. The van der Waals surface area contributed by atoms with Crippen molar-refractivity contribution in [1.29, 1.82) is 0 Å². The van der Waals surface area contributed by atoms with Crippen LogP contribution in [0.4, 0.5) is 15.8 Å². The molecule has 1 heterocycles. The molecule has 0 unspecified atom stereocenters. The van der Waals surface area contributed by atoms with E-state index in [1.165, 1.54) is 24.3 Å². The van der Waals surface area contributed by atoms with Gasteiger partial charge in [0.15, 0.2) is 0 Å². The maximum Gasteiger partial charge on any atom is 0.233 e. The molecule has 3 rings (SSSR count). The summed E-state index contributed by atoms with van der Waals surface area (Å²) >= 11 is 0. The summed E-state index contributed by atoms with van der Waals surface area (Å²) in [6.07, 6.45) is -0.206. The van der Waals surface area contributed by atoms with E-state index >= 15 is 0 Å². The predicted molar refractivity (Wildman–Crippen MR) is 94.9 cm³/mol. The zero-order valence-electron chi connectivity index (χ0n) is 13.8. The van der Waals surface area contributed by atoms with E-state index in [0.29, 0.717) is 18.8 Å². The second-order valence-electron chi connectivity index (χ2n) is 5.94. The van der Waals surface area contributed by atoms with E-state index in [1.54, 1.807) is 4.90 Å². The minimum absolute atomic E-state index is 0.188. The van der Waals surface area contributed by atoms with E-state index in [1.807, 2.05) is 30.3 Å². The largest absolute Gasteiger partial charge is 0.368 e. The number of hydrogen-bond acceptors (Lipinski definition) is 3. The number of piperazine rings is 1. The Morgan fingerprint density at radius 2 is 1.56 bits per heavy atom. The Bertz CT molecular complexity index is 726. The van der Waals surface area contributed by atoms with E-state index in [-0.39, 0.29) is 24.1 Å². The van der Waals surface area contributed by atoms with E-state index < -0.39 is 0 Å². The first kappa shape index (κ1) is 17.0. The van der Waals surface area contributed by atoms with Gasteiger partial charge < -0.3 is 15.1 Å². The lowest BCUT2D eigenvalue weighted by atomic mass is 10.2. The quantitative estimate of drug-likeness (QED) is 0.870. The molecule has 0 atom stereocenters. The zero-order valence-corrected chi connectivity index (χ0v) is 13.8. The zero-order chi connectivity index (χ0) is 17.6. The Kier molecular flexibility index (Phi) is 5.28. The molecule has 130 valence electrons. The molecular formula is C19H20FN3O2. The van der Waals surface area contributed by atoms with Gasteiger partial charge >= 0.3 is 0 Å². The third kappa shape index (κ3) is 4.56. The van der Waals surface area contributed by atoms with Gasteiger partial charge in [0.2, 0.25) is 11.8 Å². The molecular weight excluding hydrogens is 321 g/mol. The van der Waals surface area contributed by atoms with Gasteiger partial charge in [0.25, 0.3) is 0 Å². The molecule has 1 saturated heterocycles. The van der Waals surface area contributed by atoms with Gasteiger partial charge in [-0.15, -0.1) is 0 Å². The highest BCUT2D eigenvalue weighted by Gasteiger charge is 2.22. The first-order valence-electron chi connectivity index (χ1n) is 8.25. The number of para-hydroxylation sites is 1. The van der Waals surface area contributed by atoms with Crippen LogP contribution in [0.25, 0.3) is 0 Å². The third-order valence-corrected chi connectivity index (χ3v) is 4.19. The molecule has 2 aromatic rings. The third-order valence-electron chi connectivity index (χ3n) is 4.19. The van der Waals surface area contributed by atoms with Crippen LogP contribution in [0.3, 0.4) is 0 Å². The first-order valence-corrected chi connectivity index (χ1v) is 8.25. The molecule has 25 heavy (non-hydrogen) atoms. The number of amides is 2. The molecule has 1 aliphatic heterocycles. The van der Waals surface area contributed by atoms with E-state index in [2.05, 4.69) is 10.2 Å². The molecule has 0 aliphatic carbocycles. The number of carbonyl (C=O) groups excluding carboxylic acids is 2. The summed E-state index contributed by atoms with van der Waals surface area (Å²) in [6, 6.07) is 15.5. The van der Waals surface area contributed by atoms with Crippen LogP contribution in [0.2, 0.25) is 0 Å². The number of nitrogens with one attached hydrogen (secondary N) is 1. The Balaban J connectivity index is 1.47. The van der Waals surface area contributed by atoms with Crippen LogP contribution in [0.1, 0.15) is 6.42 Å². The molecule has 5 nitrogen and oxygen atoms in total. The van der Waals surface area contributed by atoms with Crippen LogP contribution in [-0.4, -0.2) is 42.9 Å². The summed E-state index contributed by atoms with van der Waals surface area (Å²) in [5, 5.41) is 2.61. The molecule has 6 heteroatoms. The highest BCUT2D eigenvalue weighted by atomic mass is 19.1. The molecule has 0 radical (unpaired) electrons. The second-order valence-corrected chi connectivity index (χ2v) is 5.94. The molecule has 1 fully saturated rings. The van der Waals surface area contributed by atoms with Crippen molar-refractivity contribution in [2.45, 2.75) is 6.42 Å². The van der Waals surface area contributed by atoms with E-state index in [4.69, 9.17) is 0 Å². The van der Waals surface area contributed by atoms with Gasteiger partial charge in [-0.2, -0.15) is 0 Å². The fourth-order valence-electron chi connectivity index (χ4n) is 2.84. The minimum Gasteiger partial charge on any atom is -0.368 e. The molecule has 2 aromatic carbocycles. The fraction of sp³-hybridized carbons (Fsp3) is 0.263. The summed E-state index contributed by atoms with van der Waals surface area (Å²) < 4.78 is 12.9. The average Bonchev–Trinajstić information content (AvgIpc) is 2.64. The Morgan fingerprint density at radius 3 is 2.20 bits per heavy atom. The number of halogens is 1. The smallest absolute Gasteiger partial charge is 0.233 e. The van der Waals surface area contributed by atoms with Crippen molar-refractivity contribution in [3.05, 3.63) is 60.4 Å². The lowest BCUT2D eigenvalue weighted by Gasteiger charge is -2.36. The van der Waals surface area contributed by atoms with Gasteiger partial charge in [-0.05, 0) is 36.4 Å². The Morgan fingerprint density at radius 1 is 0.920 bits per heavy atom. The molecule has 1 aliphatic rings. The summed E-state index contributed by atoms with van der Waals surface area (Å²) in [4.78, 5) is 28.2. The van der Waals surface area contributed by atoms with Crippen molar-refractivity contribution in [1.82, 2.24) is 4.90 Å². The lowest BCUT2D eigenvalue weighted by molar-refractivity contribution is -0.134. The van der Waals surface area contributed by atoms with Crippen LogP contribution in [-0.2, 0) is 9.59 Å². The van der Waals surface area contributed by atoms with Gasteiger partial charge in [0.1, 0.15) is 12.2 Å². The monoisotopic (exact) mass is 341 g/mol. The predicted octanol–water partition coefficient (Wildman–Crippen LogP) is 2.50. The maximum atomic E-state index is 12.9. The highest BCUT2D eigenvalue weighted by Crippen LogP contribution is 2.16. The van der Waals surface area contributed by atoms with Crippen molar-refractivity contribution in [2.75, 3.05) is 36.4 Å². The van der Waals surface area contributed by atoms with Gasteiger partial charge in [-0.25, -0.2) is 4.39 Å². The number of carbonyl (C=O) groups is 2. The number of benzene rings is 2. The van der Waals surface area contributed by atoms with Gasteiger partial charge in [0.05, 0.1) is 0 Å². The van der Waals surface area contributed by atoms with Crippen molar-refractivity contribution in [2.24, 2.45) is 0 Å². The van der Waals surface area contributed by atoms with Crippen LogP contribution < -0.4 is 10.2 Å². The SMILES string of the molecule is O=C(CC(=O)N1CCN(c2ccccc2)CC1)Nc1ccc(F)cc1. The topological polar surface area (TPSA) is 52.7 Å². The molecule has 0 saturated carbocycles. The normalized spacial score (nSPS) is 14.3. The maximum absolute atomic E-state index is 12.9. The number of rotatable bonds is 4. The van der Waals surface area contributed by atoms with Crippen LogP contribution in [0, 0.1) is 5.82 Å². The van der Waals surface area contributed by atoms with Crippen LogP contribution in [0.5, 0.6) is 0 Å². The molecule has 2 amide bonds. The van der Waals surface area contributed by atoms with Crippen LogP contribution >= 0.6 is 0 Å². The molecule has 0 spiro atoms. The van der Waals surface area contributed by atoms with Crippen molar-refractivity contribution in [3.8, 4) is 0 Å². The Hall–Kier alpha value is -2.89. The van der Waals surface area contributed by atoms with Gasteiger partial charge in [-0.3, -0.25) is 9.59 Å². The van der Waals surface area contributed by atoms with E-state index in [0.717, 1.165) is 18.8 Å². The van der Waals surface area contributed by atoms with Crippen molar-refractivity contribution >= 4 is 23.2 Å². The number of hydrogen-bond donors (Lipinski definition) is 1. The summed E-state index contributed by atoms with van der Waals surface area (Å²) in [7, 11) is 0. The van der Waals surface area contributed by atoms with Crippen LogP contribution in [0.15, 0.2) is 54.6 Å². The standard InChI is InChI=1S/C19H20FN3O2/c20-15-6-8-16(9-7-15)21-18(24)14-19(25)23-12-10-22(11-13-23)17-4-2-1-3-5-17/h1-9H,10-14H2,(H,21,24). The van der Waals surface area contributed by atoms with Crippen molar-refractivity contribution < 1.29 is 14.0 Å². The summed E-state index contributed by atoms with van der Waals surface area (Å²) in [6.45, 7) is 2.68. The van der Waals surface area contributed by atoms with Gasteiger partial charge in [-0.1, -0.05) is 18.2 Å². The highest BCUT2D eigenvalue weighted by molar-refractivity contribution is 6.03. The molecule has 1 N–H and O–H groups in total. The Labute approximate surface area is 146 Å². The second kappa shape index (κ2) is 7.79. The lowest BCUT2D eigenvalue weighted by Crippen LogP contribution is -2.49. The van der Waals surface area contributed by atoms with Gasteiger partial charge in [0, 0.05) is 37.6 Å². The number of anilines is 2. The minimum atomic E-state index is -0.387. The summed E-state index contributed by atoms with van der Waals surface area (Å²) in [5.74, 6) is -0.945.